The third-order valence-electron chi connectivity index (χ3n) is 2.69. The fourth-order valence-corrected chi connectivity index (χ4v) is 3.16. The zero-order chi connectivity index (χ0) is 15.6. The van der Waals surface area contributed by atoms with E-state index in [1.54, 1.807) is 16.7 Å². The molecule has 0 amide bonds. The van der Waals surface area contributed by atoms with Crippen molar-refractivity contribution >= 4 is 33.7 Å². The van der Waals surface area contributed by atoms with E-state index in [2.05, 4.69) is 26.1 Å². The molecule has 0 bridgehead atoms. The van der Waals surface area contributed by atoms with Crippen LogP contribution in [0, 0.1) is 5.82 Å². The third kappa shape index (κ3) is 3.44. The second-order valence-electron chi connectivity index (χ2n) is 4.55. The van der Waals surface area contributed by atoms with Crippen molar-refractivity contribution in [2.75, 3.05) is 5.75 Å². The molecule has 0 saturated heterocycles. The number of carbonyl (C=O) groups is 1. The molecule has 21 heavy (non-hydrogen) atoms. The van der Waals surface area contributed by atoms with Crippen LogP contribution in [0.5, 0.6) is 0 Å². The zero-order valence-corrected chi connectivity index (χ0v) is 13.8. The van der Waals surface area contributed by atoms with Crippen molar-refractivity contribution in [3.05, 3.63) is 28.5 Å². The fraction of sp³-hybridized carbons (Fsp3) is 0.308. The van der Waals surface area contributed by atoms with Gasteiger partial charge in [-0.15, -0.1) is 10.2 Å². The van der Waals surface area contributed by atoms with E-state index in [-0.39, 0.29) is 11.8 Å². The largest absolute Gasteiger partial charge is 0.481 e. The molecule has 2 aromatic rings. The molecule has 0 saturated carbocycles. The Morgan fingerprint density at radius 1 is 1.48 bits per heavy atom. The molecule has 1 aromatic heterocycles. The van der Waals surface area contributed by atoms with Gasteiger partial charge in [0.15, 0.2) is 11.0 Å². The van der Waals surface area contributed by atoms with Crippen molar-refractivity contribution in [1.29, 1.82) is 0 Å². The first-order valence-electron chi connectivity index (χ1n) is 6.15. The molecule has 1 aromatic carbocycles. The van der Waals surface area contributed by atoms with E-state index < -0.39 is 11.8 Å². The summed E-state index contributed by atoms with van der Waals surface area (Å²) in [5.41, 5.74) is 0.320. The quantitative estimate of drug-likeness (QED) is 0.810. The molecule has 0 fully saturated rings. The monoisotopic (exact) mass is 373 g/mol. The van der Waals surface area contributed by atoms with E-state index in [1.807, 2.05) is 13.8 Å². The lowest BCUT2D eigenvalue weighted by Gasteiger charge is -2.14. The Morgan fingerprint density at radius 3 is 2.76 bits per heavy atom. The number of hydrogen-bond acceptors (Lipinski definition) is 4. The first-order chi connectivity index (χ1) is 9.91. The van der Waals surface area contributed by atoms with Crippen LogP contribution in [0.25, 0.3) is 11.4 Å². The second kappa shape index (κ2) is 6.57. The molecule has 112 valence electrons. The normalized spacial score (nSPS) is 11.1. The molecule has 5 nitrogen and oxygen atoms in total. The molecule has 0 aliphatic carbocycles. The van der Waals surface area contributed by atoms with Crippen LogP contribution in [-0.4, -0.2) is 31.6 Å². The number of carboxylic acids is 1. The highest BCUT2D eigenvalue weighted by atomic mass is 79.9. The van der Waals surface area contributed by atoms with Crippen molar-refractivity contribution in [2.45, 2.75) is 25.0 Å². The van der Waals surface area contributed by atoms with Crippen molar-refractivity contribution in [3.63, 3.8) is 0 Å². The van der Waals surface area contributed by atoms with Crippen LogP contribution in [0.1, 0.15) is 19.9 Å². The predicted octanol–water partition coefficient (Wildman–Crippen LogP) is 3.60. The molecule has 0 radical (unpaired) electrons. The Hall–Kier alpha value is -1.41. The van der Waals surface area contributed by atoms with Crippen LogP contribution in [-0.2, 0) is 4.79 Å². The average Bonchev–Trinajstić information content (AvgIpc) is 2.80. The van der Waals surface area contributed by atoms with Crippen molar-refractivity contribution in [3.8, 4) is 11.4 Å². The summed E-state index contributed by atoms with van der Waals surface area (Å²) in [5.74, 6) is -1.09. The summed E-state index contributed by atoms with van der Waals surface area (Å²) < 4.78 is 16.4. The van der Waals surface area contributed by atoms with E-state index in [4.69, 9.17) is 5.11 Å². The summed E-state index contributed by atoms with van der Waals surface area (Å²) in [6.07, 6.45) is 0. The highest BCUT2D eigenvalue weighted by Gasteiger charge is 2.21. The number of rotatable bonds is 5. The van der Waals surface area contributed by atoms with Crippen molar-refractivity contribution < 1.29 is 14.3 Å². The maximum atomic E-state index is 14.1. The molecule has 2 rings (SSSR count). The third-order valence-corrected chi connectivity index (χ3v) is 4.28. The van der Waals surface area contributed by atoms with Crippen LogP contribution in [0.15, 0.2) is 27.8 Å². The Bertz CT molecular complexity index is 655. The highest BCUT2D eigenvalue weighted by Crippen LogP contribution is 2.33. The van der Waals surface area contributed by atoms with Crippen LogP contribution < -0.4 is 0 Å². The van der Waals surface area contributed by atoms with Crippen LogP contribution in [0.4, 0.5) is 4.39 Å². The average molecular weight is 374 g/mol. The number of nitrogens with zero attached hydrogens (tertiary/aromatic N) is 3. The predicted molar refractivity (Wildman–Crippen MR) is 81.9 cm³/mol. The van der Waals surface area contributed by atoms with Gasteiger partial charge in [0.25, 0.3) is 0 Å². The topological polar surface area (TPSA) is 68.0 Å². The molecule has 1 N–H and O–H groups in total. The lowest BCUT2D eigenvalue weighted by Crippen LogP contribution is -2.07. The summed E-state index contributed by atoms with van der Waals surface area (Å²) >= 11 is 4.38. The second-order valence-corrected chi connectivity index (χ2v) is 6.35. The van der Waals surface area contributed by atoms with E-state index in [0.29, 0.717) is 21.0 Å². The van der Waals surface area contributed by atoms with Crippen molar-refractivity contribution in [2.24, 2.45) is 0 Å². The minimum atomic E-state index is -0.938. The minimum absolute atomic E-state index is 0.0298. The standard InChI is InChI=1S/C13H13BrFN3O2S/c1-7(2)18-12(11-8(14)4-3-5-9(11)15)16-17-13(18)21-6-10(19)20/h3-5,7H,6H2,1-2H3,(H,19,20). The number of hydrogen-bond donors (Lipinski definition) is 1. The molecule has 0 aliphatic heterocycles. The number of carboxylic acid groups (broad SMARTS) is 1. The van der Waals surface area contributed by atoms with Gasteiger partial charge in [0, 0.05) is 10.5 Å². The Balaban J connectivity index is 2.52. The zero-order valence-electron chi connectivity index (χ0n) is 11.4. The van der Waals surface area contributed by atoms with E-state index >= 15 is 0 Å². The molecular formula is C13H13BrFN3O2S. The fourth-order valence-electron chi connectivity index (χ4n) is 1.85. The van der Waals surface area contributed by atoms with Crippen molar-refractivity contribution in [1.82, 2.24) is 14.8 Å². The van der Waals surface area contributed by atoms with Gasteiger partial charge in [0.05, 0.1) is 11.3 Å². The van der Waals surface area contributed by atoms with Gasteiger partial charge >= 0.3 is 5.97 Å². The highest BCUT2D eigenvalue weighted by molar-refractivity contribution is 9.10. The summed E-state index contributed by atoms with van der Waals surface area (Å²) in [4.78, 5) is 10.7. The number of thioether (sulfide) groups is 1. The van der Waals surface area contributed by atoms with Gasteiger partial charge in [-0.1, -0.05) is 17.8 Å². The Morgan fingerprint density at radius 2 is 2.19 bits per heavy atom. The smallest absolute Gasteiger partial charge is 0.313 e. The SMILES string of the molecule is CC(C)n1c(SCC(=O)O)nnc1-c1c(F)cccc1Br. The van der Waals surface area contributed by atoms with E-state index in [9.17, 15) is 9.18 Å². The first-order valence-corrected chi connectivity index (χ1v) is 7.93. The number of aromatic nitrogens is 3. The number of aliphatic carboxylic acids is 1. The lowest BCUT2D eigenvalue weighted by atomic mass is 10.2. The molecule has 0 aliphatic rings. The van der Waals surface area contributed by atoms with Gasteiger partial charge in [-0.25, -0.2) is 4.39 Å². The first kappa shape index (κ1) is 16.0. The summed E-state index contributed by atoms with van der Waals surface area (Å²) in [7, 11) is 0. The van der Waals surface area contributed by atoms with Gasteiger partial charge in [0.2, 0.25) is 0 Å². The van der Waals surface area contributed by atoms with Gasteiger partial charge in [-0.05, 0) is 41.9 Å². The molecule has 8 heteroatoms. The molecule has 0 unspecified atom stereocenters. The molecular weight excluding hydrogens is 361 g/mol. The van der Waals surface area contributed by atoms with E-state index in [1.165, 1.54) is 6.07 Å². The number of halogens is 2. The number of benzene rings is 1. The summed E-state index contributed by atoms with van der Waals surface area (Å²) in [6, 6.07) is 4.64. The van der Waals surface area contributed by atoms with Gasteiger partial charge in [-0.2, -0.15) is 0 Å². The maximum absolute atomic E-state index is 14.1. The minimum Gasteiger partial charge on any atom is -0.481 e. The van der Waals surface area contributed by atoms with Crippen LogP contribution >= 0.6 is 27.7 Å². The molecule has 0 spiro atoms. The molecule has 0 atom stereocenters. The van der Waals surface area contributed by atoms with Crippen LogP contribution in [0.3, 0.4) is 0 Å². The lowest BCUT2D eigenvalue weighted by molar-refractivity contribution is -0.133. The Labute approximate surface area is 133 Å². The van der Waals surface area contributed by atoms with Gasteiger partial charge in [-0.3, -0.25) is 9.36 Å². The van der Waals surface area contributed by atoms with Crippen LogP contribution in [0.2, 0.25) is 0 Å². The molecule has 1 heterocycles. The summed E-state index contributed by atoms with van der Waals surface area (Å²) in [6.45, 7) is 3.82. The van der Waals surface area contributed by atoms with E-state index in [0.717, 1.165) is 11.8 Å². The van der Waals surface area contributed by atoms with Gasteiger partial charge in [0.1, 0.15) is 5.82 Å². The Kier molecular flexibility index (Phi) is 5.00. The summed E-state index contributed by atoms with van der Waals surface area (Å²) in [5, 5.41) is 17.3. The maximum Gasteiger partial charge on any atom is 0.313 e. The van der Waals surface area contributed by atoms with Gasteiger partial charge < -0.3 is 5.11 Å².